The van der Waals surface area contributed by atoms with Gasteiger partial charge in [-0.15, -0.1) is 0 Å². The predicted molar refractivity (Wildman–Crippen MR) is 86.9 cm³/mol. The average molecular weight is 302 g/mol. The summed E-state index contributed by atoms with van der Waals surface area (Å²) in [7, 11) is -2.77. The van der Waals surface area contributed by atoms with E-state index in [0.29, 0.717) is 10.9 Å². The summed E-state index contributed by atoms with van der Waals surface area (Å²) in [6.07, 6.45) is 4.77. The Bertz CT molecular complexity index is 531. The minimum Gasteiger partial charge on any atom is -0.423 e. The highest BCUT2D eigenvalue weighted by atomic mass is 16.4. The molecule has 22 heavy (non-hydrogen) atoms. The Hall–Kier alpha value is -1.73. The molecule has 0 saturated heterocycles. The fourth-order valence-electron chi connectivity index (χ4n) is 1.70. The van der Waals surface area contributed by atoms with E-state index in [0.717, 1.165) is 24.2 Å². The first kappa shape index (κ1) is 18.3. The van der Waals surface area contributed by atoms with Crippen molar-refractivity contribution in [2.75, 3.05) is 0 Å². The van der Waals surface area contributed by atoms with E-state index in [4.69, 9.17) is 20.1 Å². The van der Waals surface area contributed by atoms with Gasteiger partial charge in [-0.1, -0.05) is 13.8 Å². The van der Waals surface area contributed by atoms with Gasteiger partial charge in [-0.3, -0.25) is 9.97 Å². The molecule has 0 bridgehead atoms. The Kier molecular flexibility index (Phi) is 7.76. The van der Waals surface area contributed by atoms with Gasteiger partial charge < -0.3 is 20.1 Å². The molecular weight excluding hydrogens is 282 g/mol. The number of rotatable bonds is 4. The van der Waals surface area contributed by atoms with Crippen LogP contribution in [0.15, 0.2) is 36.7 Å². The molecule has 0 aliphatic carbocycles. The van der Waals surface area contributed by atoms with Crippen LogP contribution in [0.25, 0.3) is 0 Å². The van der Waals surface area contributed by atoms with Crippen LogP contribution in [0.3, 0.4) is 0 Å². The molecule has 0 aromatic carbocycles. The number of aryl methyl sites for hydroxylation is 2. The first-order chi connectivity index (χ1) is 10.5. The van der Waals surface area contributed by atoms with E-state index in [1.165, 1.54) is 0 Å². The van der Waals surface area contributed by atoms with E-state index in [1.807, 2.05) is 13.8 Å². The van der Waals surface area contributed by atoms with Crippen molar-refractivity contribution >= 4 is 25.2 Å². The topological polar surface area (TPSA) is 107 Å². The largest absolute Gasteiger partial charge is 0.488 e. The minimum atomic E-state index is -1.39. The molecule has 4 N–H and O–H groups in total. The third kappa shape index (κ3) is 5.95. The van der Waals surface area contributed by atoms with Gasteiger partial charge in [0.25, 0.3) is 0 Å². The summed E-state index contributed by atoms with van der Waals surface area (Å²) >= 11 is 0. The van der Waals surface area contributed by atoms with E-state index in [1.54, 1.807) is 36.7 Å². The standard InChI is InChI=1S/2C7H10BNO2/c2*1-2-7-5-6(8(10)11)3-4-9-7/h2*3-5,10-11H,2H2,1H3. The van der Waals surface area contributed by atoms with Gasteiger partial charge in [0.05, 0.1) is 0 Å². The maximum absolute atomic E-state index is 8.77. The van der Waals surface area contributed by atoms with Gasteiger partial charge in [0, 0.05) is 23.8 Å². The van der Waals surface area contributed by atoms with Crippen LogP contribution in [-0.2, 0) is 12.8 Å². The summed E-state index contributed by atoms with van der Waals surface area (Å²) in [6, 6.07) is 6.54. The van der Waals surface area contributed by atoms with Crippen molar-refractivity contribution in [3.05, 3.63) is 48.0 Å². The van der Waals surface area contributed by atoms with Gasteiger partial charge >= 0.3 is 14.2 Å². The van der Waals surface area contributed by atoms with Crippen molar-refractivity contribution < 1.29 is 20.1 Å². The Balaban J connectivity index is 0.000000220. The van der Waals surface area contributed by atoms with Gasteiger partial charge in [-0.25, -0.2) is 0 Å². The Morgan fingerprint density at radius 2 is 1.14 bits per heavy atom. The highest BCUT2D eigenvalue weighted by Crippen LogP contribution is 1.92. The molecule has 6 nitrogen and oxygen atoms in total. The van der Waals surface area contributed by atoms with Crippen LogP contribution >= 0.6 is 0 Å². The number of hydrogen-bond donors (Lipinski definition) is 4. The second kappa shape index (κ2) is 9.32. The van der Waals surface area contributed by atoms with Crippen LogP contribution in [0.5, 0.6) is 0 Å². The number of hydrogen-bond acceptors (Lipinski definition) is 6. The fraction of sp³-hybridized carbons (Fsp3) is 0.286. The number of pyridine rings is 2. The molecule has 116 valence electrons. The number of nitrogens with zero attached hydrogens (tertiary/aromatic N) is 2. The maximum atomic E-state index is 8.77. The van der Waals surface area contributed by atoms with Crippen LogP contribution in [-0.4, -0.2) is 44.3 Å². The summed E-state index contributed by atoms with van der Waals surface area (Å²) in [5.41, 5.74) is 2.74. The molecule has 2 aromatic rings. The molecule has 0 aliphatic heterocycles. The SMILES string of the molecule is CCc1cc(B(O)O)ccn1.CCc1cc(B(O)O)ccn1. The lowest BCUT2D eigenvalue weighted by atomic mass is 9.80. The first-order valence-corrected chi connectivity index (χ1v) is 7.09. The lowest BCUT2D eigenvalue weighted by Gasteiger charge is -1.99. The van der Waals surface area contributed by atoms with Crippen LogP contribution in [0.4, 0.5) is 0 Å². The number of aromatic nitrogens is 2. The normalized spacial score (nSPS) is 9.73. The molecule has 2 rings (SSSR count). The molecule has 0 saturated carbocycles. The fourth-order valence-corrected chi connectivity index (χ4v) is 1.70. The summed E-state index contributed by atoms with van der Waals surface area (Å²) in [5.74, 6) is 0. The predicted octanol–water partition coefficient (Wildman–Crippen LogP) is -1.35. The summed E-state index contributed by atoms with van der Waals surface area (Å²) in [5, 5.41) is 35.1. The van der Waals surface area contributed by atoms with Gasteiger partial charge in [-0.2, -0.15) is 0 Å². The zero-order chi connectivity index (χ0) is 16.5. The Morgan fingerprint density at radius 1 is 0.773 bits per heavy atom. The molecule has 0 spiro atoms. The van der Waals surface area contributed by atoms with E-state index in [9.17, 15) is 0 Å². The van der Waals surface area contributed by atoms with Crippen molar-refractivity contribution in [1.82, 2.24) is 9.97 Å². The van der Waals surface area contributed by atoms with Crippen LogP contribution in [0.2, 0.25) is 0 Å². The Labute approximate surface area is 130 Å². The van der Waals surface area contributed by atoms with Crippen molar-refractivity contribution in [3.8, 4) is 0 Å². The van der Waals surface area contributed by atoms with Gasteiger partial charge in [0.15, 0.2) is 0 Å². The highest BCUT2D eigenvalue weighted by molar-refractivity contribution is 6.58. The van der Waals surface area contributed by atoms with Crippen molar-refractivity contribution in [2.24, 2.45) is 0 Å². The molecule has 0 radical (unpaired) electrons. The van der Waals surface area contributed by atoms with Crippen molar-refractivity contribution in [1.29, 1.82) is 0 Å². The molecular formula is C14H20B2N2O4. The van der Waals surface area contributed by atoms with Crippen LogP contribution < -0.4 is 10.9 Å². The van der Waals surface area contributed by atoms with Gasteiger partial charge in [0.1, 0.15) is 0 Å². The van der Waals surface area contributed by atoms with E-state index in [2.05, 4.69) is 9.97 Å². The second-order valence-corrected chi connectivity index (χ2v) is 4.62. The first-order valence-electron chi connectivity index (χ1n) is 7.09. The molecule has 0 atom stereocenters. The third-order valence-electron chi connectivity index (χ3n) is 3.00. The zero-order valence-corrected chi connectivity index (χ0v) is 12.7. The quantitative estimate of drug-likeness (QED) is 0.520. The Morgan fingerprint density at radius 3 is 1.41 bits per heavy atom. The second-order valence-electron chi connectivity index (χ2n) is 4.62. The van der Waals surface area contributed by atoms with E-state index >= 15 is 0 Å². The van der Waals surface area contributed by atoms with E-state index in [-0.39, 0.29) is 0 Å². The van der Waals surface area contributed by atoms with E-state index < -0.39 is 14.2 Å². The summed E-state index contributed by atoms with van der Waals surface area (Å²) in [4.78, 5) is 8.04. The van der Waals surface area contributed by atoms with Crippen molar-refractivity contribution in [2.45, 2.75) is 26.7 Å². The molecule has 0 unspecified atom stereocenters. The monoisotopic (exact) mass is 302 g/mol. The molecule has 0 fully saturated rings. The molecule has 0 aliphatic rings. The lowest BCUT2D eigenvalue weighted by molar-refractivity contribution is 0.424. The zero-order valence-electron chi connectivity index (χ0n) is 12.7. The molecule has 2 aromatic heterocycles. The minimum absolute atomic E-state index is 0.497. The smallest absolute Gasteiger partial charge is 0.423 e. The maximum Gasteiger partial charge on any atom is 0.488 e. The average Bonchev–Trinajstić information content (AvgIpc) is 2.55. The third-order valence-corrected chi connectivity index (χ3v) is 3.00. The molecule has 2 heterocycles. The van der Waals surface area contributed by atoms with Gasteiger partial charge in [0.2, 0.25) is 0 Å². The van der Waals surface area contributed by atoms with Crippen LogP contribution in [0.1, 0.15) is 25.2 Å². The lowest BCUT2D eigenvalue weighted by Crippen LogP contribution is -2.30. The van der Waals surface area contributed by atoms with Crippen LogP contribution in [0, 0.1) is 0 Å². The molecule has 8 heteroatoms. The molecule has 0 amide bonds. The highest BCUT2D eigenvalue weighted by Gasteiger charge is 2.10. The van der Waals surface area contributed by atoms with Gasteiger partial charge in [-0.05, 0) is 48.0 Å². The summed E-state index contributed by atoms with van der Waals surface area (Å²) < 4.78 is 0. The van der Waals surface area contributed by atoms with Crippen molar-refractivity contribution in [3.63, 3.8) is 0 Å². The summed E-state index contributed by atoms with van der Waals surface area (Å²) in [6.45, 7) is 3.94.